The van der Waals surface area contributed by atoms with Gasteiger partial charge in [0.25, 0.3) is 5.91 Å². The molecule has 4 nitrogen and oxygen atoms in total. The maximum atomic E-state index is 12.1. The van der Waals surface area contributed by atoms with Crippen molar-refractivity contribution < 1.29 is 9.21 Å². The van der Waals surface area contributed by atoms with Crippen LogP contribution in [0.3, 0.4) is 0 Å². The molecule has 4 heteroatoms. The molecule has 3 N–H and O–H groups in total. The van der Waals surface area contributed by atoms with Crippen LogP contribution in [-0.2, 0) is 0 Å². The van der Waals surface area contributed by atoms with Crippen molar-refractivity contribution in [2.24, 2.45) is 5.92 Å². The Labute approximate surface area is 113 Å². The van der Waals surface area contributed by atoms with Crippen molar-refractivity contribution in [1.82, 2.24) is 5.32 Å². The van der Waals surface area contributed by atoms with Gasteiger partial charge in [-0.25, -0.2) is 0 Å². The number of furan rings is 1. The third kappa shape index (κ3) is 3.28. The van der Waals surface area contributed by atoms with Gasteiger partial charge in [0.1, 0.15) is 5.58 Å². The number of amides is 1. The molecule has 1 atom stereocenters. The predicted molar refractivity (Wildman–Crippen MR) is 77.0 cm³/mol. The zero-order valence-corrected chi connectivity index (χ0v) is 11.6. The fourth-order valence-corrected chi connectivity index (χ4v) is 2.23. The van der Waals surface area contributed by atoms with Crippen LogP contribution in [0.2, 0.25) is 0 Å². The van der Waals surface area contributed by atoms with Crippen molar-refractivity contribution >= 4 is 22.6 Å². The van der Waals surface area contributed by atoms with Crippen molar-refractivity contribution in [3.05, 3.63) is 30.0 Å². The molecule has 0 bridgehead atoms. The van der Waals surface area contributed by atoms with E-state index in [4.69, 9.17) is 10.2 Å². The number of carbonyl (C=O) groups excluding carboxylic acids is 1. The van der Waals surface area contributed by atoms with Crippen LogP contribution in [0.1, 0.15) is 37.7 Å². The Hall–Kier alpha value is -1.97. The van der Waals surface area contributed by atoms with Crippen LogP contribution in [0.5, 0.6) is 0 Å². The molecule has 0 saturated carbocycles. The van der Waals surface area contributed by atoms with Gasteiger partial charge in [-0.3, -0.25) is 4.79 Å². The molecule has 0 saturated heterocycles. The topological polar surface area (TPSA) is 68.3 Å². The zero-order valence-electron chi connectivity index (χ0n) is 11.6. The second-order valence-electron chi connectivity index (χ2n) is 5.41. The van der Waals surface area contributed by atoms with E-state index in [9.17, 15) is 4.79 Å². The minimum atomic E-state index is -0.178. The zero-order chi connectivity index (χ0) is 14.0. The summed E-state index contributed by atoms with van der Waals surface area (Å²) in [5, 5.41) is 3.79. The van der Waals surface area contributed by atoms with E-state index in [1.807, 2.05) is 6.92 Å². The first kappa shape index (κ1) is 13.5. The Morgan fingerprint density at radius 3 is 2.74 bits per heavy atom. The minimum Gasteiger partial charge on any atom is -0.451 e. The minimum absolute atomic E-state index is 0.130. The van der Waals surface area contributed by atoms with Crippen LogP contribution in [0.15, 0.2) is 28.7 Å². The number of nitrogen functional groups attached to an aromatic ring is 1. The number of nitrogens with two attached hydrogens (primary N) is 1. The molecule has 1 amide bonds. The van der Waals surface area contributed by atoms with Crippen LogP contribution in [0.4, 0.5) is 5.69 Å². The van der Waals surface area contributed by atoms with Crippen molar-refractivity contribution in [3.63, 3.8) is 0 Å². The fraction of sp³-hybridized carbons (Fsp3) is 0.400. The van der Waals surface area contributed by atoms with Crippen molar-refractivity contribution in [2.75, 3.05) is 5.73 Å². The summed E-state index contributed by atoms with van der Waals surface area (Å²) in [4.78, 5) is 12.1. The number of benzene rings is 1. The average molecular weight is 260 g/mol. The van der Waals surface area contributed by atoms with E-state index in [1.165, 1.54) is 0 Å². The highest BCUT2D eigenvalue weighted by Crippen LogP contribution is 2.21. The number of nitrogens with one attached hydrogen (secondary N) is 1. The third-order valence-electron chi connectivity index (χ3n) is 2.97. The Balaban J connectivity index is 2.13. The molecule has 1 heterocycles. The van der Waals surface area contributed by atoms with Gasteiger partial charge in [-0.15, -0.1) is 0 Å². The number of hydrogen-bond acceptors (Lipinski definition) is 3. The number of anilines is 1. The lowest BCUT2D eigenvalue weighted by atomic mass is 10.1. The highest BCUT2D eigenvalue weighted by Gasteiger charge is 2.15. The first-order valence-corrected chi connectivity index (χ1v) is 6.55. The van der Waals surface area contributed by atoms with Crippen LogP contribution in [-0.4, -0.2) is 11.9 Å². The fourth-order valence-electron chi connectivity index (χ4n) is 2.23. The lowest BCUT2D eigenvalue weighted by Crippen LogP contribution is -2.33. The molecule has 1 unspecified atom stereocenters. The number of fused-ring (bicyclic) bond motifs is 1. The van der Waals surface area contributed by atoms with E-state index < -0.39 is 0 Å². The Morgan fingerprint density at radius 2 is 2.05 bits per heavy atom. The summed E-state index contributed by atoms with van der Waals surface area (Å²) in [5.74, 6) is 0.699. The van der Waals surface area contributed by atoms with Crippen molar-refractivity contribution in [1.29, 1.82) is 0 Å². The molecule has 0 aliphatic carbocycles. The molecule has 2 rings (SSSR count). The van der Waals surface area contributed by atoms with E-state index in [0.717, 1.165) is 11.8 Å². The second-order valence-corrected chi connectivity index (χ2v) is 5.41. The number of carbonyl (C=O) groups is 1. The molecular formula is C15H20N2O2. The quantitative estimate of drug-likeness (QED) is 0.829. The van der Waals surface area contributed by atoms with Gasteiger partial charge in [-0.2, -0.15) is 0 Å². The highest BCUT2D eigenvalue weighted by molar-refractivity contribution is 5.96. The third-order valence-corrected chi connectivity index (χ3v) is 2.97. The summed E-state index contributed by atoms with van der Waals surface area (Å²) in [6.45, 7) is 6.26. The summed E-state index contributed by atoms with van der Waals surface area (Å²) in [6.07, 6.45) is 0.943. The van der Waals surface area contributed by atoms with Crippen LogP contribution in [0.25, 0.3) is 11.0 Å². The van der Waals surface area contributed by atoms with E-state index in [1.54, 1.807) is 24.3 Å². The van der Waals surface area contributed by atoms with Gasteiger partial charge in [0.05, 0.1) is 0 Å². The van der Waals surface area contributed by atoms with Crippen LogP contribution in [0, 0.1) is 5.92 Å². The summed E-state index contributed by atoms with van der Waals surface area (Å²) < 4.78 is 5.52. The molecule has 0 spiro atoms. The lowest BCUT2D eigenvalue weighted by Gasteiger charge is -2.14. The number of rotatable bonds is 4. The van der Waals surface area contributed by atoms with E-state index in [-0.39, 0.29) is 11.9 Å². The maximum absolute atomic E-state index is 12.1. The summed E-state index contributed by atoms with van der Waals surface area (Å²) in [5.41, 5.74) is 7.04. The summed E-state index contributed by atoms with van der Waals surface area (Å²) in [6, 6.07) is 7.19. The first-order valence-electron chi connectivity index (χ1n) is 6.55. The van der Waals surface area contributed by atoms with Gasteiger partial charge in [0.2, 0.25) is 0 Å². The summed E-state index contributed by atoms with van der Waals surface area (Å²) >= 11 is 0. The smallest absolute Gasteiger partial charge is 0.287 e. The SMILES string of the molecule is CC(C)CC(C)NC(=O)c1cc2cc(N)ccc2o1. The second kappa shape index (κ2) is 5.34. The van der Waals surface area contributed by atoms with Crippen molar-refractivity contribution in [3.8, 4) is 0 Å². The monoisotopic (exact) mass is 260 g/mol. The Bertz CT molecular complexity index is 587. The summed E-state index contributed by atoms with van der Waals surface area (Å²) in [7, 11) is 0. The largest absolute Gasteiger partial charge is 0.451 e. The highest BCUT2D eigenvalue weighted by atomic mass is 16.3. The first-order chi connectivity index (χ1) is 8.95. The molecule has 2 aromatic rings. The molecule has 0 aliphatic rings. The lowest BCUT2D eigenvalue weighted by molar-refractivity contribution is 0.0910. The van der Waals surface area contributed by atoms with Gasteiger partial charge >= 0.3 is 0 Å². The maximum Gasteiger partial charge on any atom is 0.287 e. The van der Waals surface area contributed by atoms with Gasteiger partial charge < -0.3 is 15.5 Å². The molecule has 0 aliphatic heterocycles. The van der Waals surface area contributed by atoms with E-state index in [2.05, 4.69) is 19.2 Å². The standard InChI is InChI=1S/C15H20N2O2/c1-9(2)6-10(3)17-15(18)14-8-11-7-12(16)4-5-13(11)19-14/h4-5,7-10H,6,16H2,1-3H3,(H,17,18). The normalized spacial score (nSPS) is 12.8. The molecular weight excluding hydrogens is 240 g/mol. The Morgan fingerprint density at radius 1 is 1.32 bits per heavy atom. The molecule has 0 fully saturated rings. The van der Waals surface area contributed by atoms with Gasteiger partial charge in [0, 0.05) is 17.1 Å². The average Bonchev–Trinajstić information content (AvgIpc) is 2.70. The molecule has 102 valence electrons. The molecule has 1 aromatic carbocycles. The van der Waals surface area contributed by atoms with Gasteiger partial charge in [-0.05, 0) is 43.5 Å². The van der Waals surface area contributed by atoms with Crippen molar-refractivity contribution in [2.45, 2.75) is 33.2 Å². The number of hydrogen-bond donors (Lipinski definition) is 2. The predicted octanol–water partition coefficient (Wildman–Crippen LogP) is 3.18. The molecule has 1 aromatic heterocycles. The van der Waals surface area contributed by atoms with Gasteiger partial charge in [0.15, 0.2) is 5.76 Å². The van der Waals surface area contributed by atoms with E-state index in [0.29, 0.717) is 22.9 Å². The van der Waals surface area contributed by atoms with Crippen LogP contribution >= 0.6 is 0 Å². The van der Waals surface area contributed by atoms with E-state index >= 15 is 0 Å². The molecule has 19 heavy (non-hydrogen) atoms. The van der Waals surface area contributed by atoms with Gasteiger partial charge in [-0.1, -0.05) is 13.8 Å². The Kier molecular flexibility index (Phi) is 3.79. The molecule has 0 radical (unpaired) electrons. The van der Waals surface area contributed by atoms with Crippen LogP contribution < -0.4 is 11.1 Å².